The predicted octanol–water partition coefficient (Wildman–Crippen LogP) is 4.68. The minimum atomic E-state index is -0.151. The molecule has 4 rings (SSSR count). The molecule has 1 aromatic carbocycles. The van der Waals surface area contributed by atoms with E-state index < -0.39 is 0 Å². The van der Waals surface area contributed by atoms with Crippen molar-refractivity contribution in [2.24, 2.45) is 11.8 Å². The fourth-order valence-corrected chi connectivity index (χ4v) is 5.68. The van der Waals surface area contributed by atoms with E-state index >= 15 is 0 Å². The molecular weight excluding hydrogens is 406 g/mol. The highest BCUT2D eigenvalue weighted by molar-refractivity contribution is 7.21. The number of anilines is 2. The number of aliphatic hydroxyl groups excluding tert-OH is 1. The fraction of sp³-hybridized carbons (Fsp3) is 0.476. The second-order valence-corrected chi connectivity index (χ2v) is 9.35. The average molecular weight is 432 g/mol. The van der Waals surface area contributed by atoms with Crippen LogP contribution in [0.4, 0.5) is 11.8 Å². The van der Waals surface area contributed by atoms with E-state index in [-0.39, 0.29) is 18.1 Å². The zero-order valence-electron chi connectivity index (χ0n) is 17.1. The molecule has 0 saturated heterocycles. The SMILES string of the molecule is CNc1nc(Cl)c(-c2nc3ccccc3s2)c(N(C)[C@]2(C)CC[C@H](CO)[C@H]2C)n1. The summed E-state index contributed by atoms with van der Waals surface area (Å²) in [5.41, 5.74) is 1.55. The standard InChI is InChI=1S/C21H26ClN5OS/c1-12-13(11-28)9-10-21(12,2)27(4)18-16(17(22)25-20(23-3)26-18)19-24-14-7-5-6-8-15(14)29-19/h5-8,12-13,28H,9-11H2,1-4H3,(H,23,25,26)/t12-,13-,21-/m1/s1. The largest absolute Gasteiger partial charge is 0.396 e. The van der Waals surface area contributed by atoms with E-state index in [4.69, 9.17) is 21.6 Å². The van der Waals surface area contributed by atoms with Gasteiger partial charge in [-0.05, 0) is 43.7 Å². The molecule has 154 valence electrons. The molecule has 3 atom stereocenters. The van der Waals surface area contributed by atoms with Crippen LogP contribution >= 0.6 is 22.9 Å². The van der Waals surface area contributed by atoms with Crippen LogP contribution in [0.5, 0.6) is 0 Å². The average Bonchev–Trinajstić information content (AvgIpc) is 3.28. The zero-order chi connectivity index (χ0) is 20.8. The third kappa shape index (κ3) is 3.35. The summed E-state index contributed by atoms with van der Waals surface area (Å²) in [7, 11) is 3.85. The van der Waals surface area contributed by atoms with Crippen LogP contribution in [0.1, 0.15) is 26.7 Å². The number of fused-ring (bicyclic) bond motifs is 1. The Hall–Kier alpha value is -1.96. The van der Waals surface area contributed by atoms with E-state index in [2.05, 4.69) is 42.2 Å². The molecule has 0 radical (unpaired) electrons. The first-order chi connectivity index (χ1) is 13.9. The van der Waals surface area contributed by atoms with Gasteiger partial charge in [-0.3, -0.25) is 0 Å². The molecular formula is C21H26ClN5OS. The van der Waals surface area contributed by atoms with E-state index in [1.54, 1.807) is 18.4 Å². The summed E-state index contributed by atoms with van der Waals surface area (Å²) >= 11 is 8.27. The van der Waals surface area contributed by atoms with Crippen LogP contribution < -0.4 is 10.2 Å². The first-order valence-electron chi connectivity index (χ1n) is 9.85. The van der Waals surface area contributed by atoms with Gasteiger partial charge in [0.2, 0.25) is 5.95 Å². The summed E-state index contributed by atoms with van der Waals surface area (Å²) in [6.45, 7) is 4.66. The summed E-state index contributed by atoms with van der Waals surface area (Å²) in [5, 5.41) is 14.0. The molecule has 0 aliphatic heterocycles. The lowest BCUT2D eigenvalue weighted by Gasteiger charge is -2.42. The molecule has 1 fully saturated rings. The predicted molar refractivity (Wildman–Crippen MR) is 121 cm³/mol. The van der Waals surface area contributed by atoms with Crippen molar-refractivity contribution < 1.29 is 5.11 Å². The molecule has 0 amide bonds. The normalized spacial score (nSPS) is 24.2. The Morgan fingerprint density at radius 3 is 2.72 bits per heavy atom. The maximum atomic E-state index is 9.78. The van der Waals surface area contributed by atoms with Gasteiger partial charge in [-0.1, -0.05) is 30.7 Å². The summed E-state index contributed by atoms with van der Waals surface area (Å²) in [5.74, 6) is 1.85. The van der Waals surface area contributed by atoms with Gasteiger partial charge in [0, 0.05) is 26.2 Å². The van der Waals surface area contributed by atoms with Crippen LogP contribution in [0.25, 0.3) is 20.8 Å². The van der Waals surface area contributed by atoms with Gasteiger partial charge in [0.25, 0.3) is 0 Å². The van der Waals surface area contributed by atoms with E-state index in [1.807, 2.05) is 18.2 Å². The topological polar surface area (TPSA) is 74.2 Å². The van der Waals surface area contributed by atoms with E-state index in [0.717, 1.165) is 39.4 Å². The van der Waals surface area contributed by atoms with Crippen LogP contribution in [0.15, 0.2) is 24.3 Å². The number of benzene rings is 1. The number of aromatic nitrogens is 3. The minimum Gasteiger partial charge on any atom is -0.396 e. The van der Waals surface area contributed by atoms with Crippen LogP contribution in [0, 0.1) is 11.8 Å². The van der Waals surface area contributed by atoms with Gasteiger partial charge in [0.15, 0.2) is 0 Å². The first kappa shape index (κ1) is 20.3. The summed E-state index contributed by atoms with van der Waals surface area (Å²) in [4.78, 5) is 16.2. The molecule has 1 aliphatic carbocycles. The molecule has 2 aromatic heterocycles. The van der Waals surface area contributed by atoms with Crippen molar-refractivity contribution in [1.29, 1.82) is 0 Å². The number of hydrogen-bond donors (Lipinski definition) is 2. The number of thiazole rings is 1. The molecule has 2 heterocycles. The summed E-state index contributed by atoms with van der Waals surface area (Å²) in [6.07, 6.45) is 1.97. The molecule has 6 nitrogen and oxygen atoms in total. The number of rotatable bonds is 5. The molecule has 3 aromatic rings. The third-order valence-electron chi connectivity index (χ3n) is 6.60. The highest BCUT2D eigenvalue weighted by atomic mass is 35.5. The Kier molecular flexibility index (Phi) is 5.40. The van der Waals surface area contributed by atoms with Gasteiger partial charge >= 0.3 is 0 Å². The van der Waals surface area contributed by atoms with Gasteiger partial charge in [0.05, 0.1) is 15.8 Å². The van der Waals surface area contributed by atoms with Crippen molar-refractivity contribution in [3.63, 3.8) is 0 Å². The highest BCUT2D eigenvalue weighted by Crippen LogP contribution is 2.47. The molecule has 1 saturated carbocycles. The van der Waals surface area contributed by atoms with Gasteiger partial charge in [-0.15, -0.1) is 11.3 Å². The van der Waals surface area contributed by atoms with Crippen molar-refractivity contribution in [2.45, 2.75) is 32.2 Å². The maximum Gasteiger partial charge on any atom is 0.225 e. The second-order valence-electron chi connectivity index (χ2n) is 7.96. The quantitative estimate of drug-likeness (QED) is 0.571. The minimum absolute atomic E-state index is 0.151. The Balaban J connectivity index is 1.87. The number of nitrogens with one attached hydrogen (secondary N) is 1. The van der Waals surface area contributed by atoms with Crippen LogP contribution in [0.3, 0.4) is 0 Å². The van der Waals surface area contributed by atoms with Gasteiger partial charge in [-0.25, -0.2) is 9.97 Å². The highest BCUT2D eigenvalue weighted by Gasteiger charge is 2.46. The van der Waals surface area contributed by atoms with Crippen molar-refractivity contribution in [3.05, 3.63) is 29.4 Å². The van der Waals surface area contributed by atoms with Crippen LogP contribution in [0.2, 0.25) is 5.15 Å². The van der Waals surface area contributed by atoms with Gasteiger partial charge in [0.1, 0.15) is 16.0 Å². The molecule has 1 aliphatic rings. The first-order valence-corrected chi connectivity index (χ1v) is 11.0. The lowest BCUT2D eigenvalue weighted by Crippen LogP contribution is -2.48. The molecule has 8 heteroatoms. The molecule has 0 bridgehead atoms. The van der Waals surface area contributed by atoms with E-state index in [9.17, 15) is 5.11 Å². The third-order valence-corrected chi connectivity index (χ3v) is 7.93. The number of para-hydroxylation sites is 1. The number of halogens is 1. The maximum absolute atomic E-state index is 9.78. The van der Waals surface area contributed by atoms with Crippen molar-refractivity contribution in [3.8, 4) is 10.6 Å². The summed E-state index contributed by atoms with van der Waals surface area (Å²) < 4.78 is 1.10. The van der Waals surface area contributed by atoms with Gasteiger partial charge < -0.3 is 15.3 Å². The van der Waals surface area contributed by atoms with E-state index in [1.165, 1.54) is 0 Å². The molecule has 0 spiro atoms. The number of aliphatic hydroxyl groups is 1. The monoisotopic (exact) mass is 431 g/mol. The fourth-order valence-electron chi connectivity index (χ4n) is 4.37. The molecule has 29 heavy (non-hydrogen) atoms. The van der Waals surface area contributed by atoms with Crippen molar-refractivity contribution in [1.82, 2.24) is 15.0 Å². The molecule has 0 unspecified atom stereocenters. The lowest BCUT2D eigenvalue weighted by molar-refractivity contribution is 0.181. The van der Waals surface area contributed by atoms with Crippen molar-refractivity contribution >= 4 is 44.9 Å². The van der Waals surface area contributed by atoms with Crippen LogP contribution in [-0.2, 0) is 0 Å². The number of nitrogens with zero attached hydrogens (tertiary/aromatic N) is 4. The Morgan fingerprint density at radius 2 is 2.07 bits per heavy atom. The van der Waals surface area contributed by atoms with Crippen molar-refractivity contribution in [2.75, 3.05) is 30.9 Å². The smallest absolute Gasteiger partial charge is 0.225 e. The Morgan fingerprint density at radius 1 is 1.31 bits per heavy atom. The summed E-state index contributed by atoms with van der Waals surface area (Å²) in [6, 6.07) is 8.05. The Labute approximate surface area is 180 Å². The Bertz CT molecular complexity index is 1010. The molecule has 2 N–H and O–H groups in total. The van der Waals surface area contributed by atoms with Crippen LogP contribution in [-0.4, -0.2) is 46.3 Å². The number of hydrogen-bond acceptors (Lipinski definition) is 7. The van der Waals surface area contributed by atoms with E-state index in [0.29, 0.717) is 17.0 Å². The van der Waals surface area contributed by atoms with Gasteiger partial charge in [-0.2, -0.15) is 4.98 Å². The second kappa shape index (κ2) is 7.70. The zero-order valence-corrected chi connectivity index (χ0v) is 18.7. The lowest BCUT2D eigenvalue weighted by atomic mass is 9.85.